The van der Waals surface area contributed by atoms with Gasteiger partial charge in [0.2, 0.25) is 0 Å². The van der Waals surface area contributed by atoms with Gasteiger partial charge in [0.1, 0.15) is 17.6 Å². The summed E-state index contributed by atoms with van der Waals surface area (Å²) in [4.78, 5) is 13.4. The van der Waals surface area contributed by atoms with Gasteiger partial charge in [0.15, 0.2) is 6.54 Å². The zero-order valence-corrected chi connectivity index (χ0v) is 14.1. The van der Waals surface area contributed by atoms with Gasteiger partial charge in [-0.25, -0.2) is 0 Å². The van der Waals surface area contributed by atoms with Crippen molar-refractivity contribution < 1.29 is 10.1 Å². The van der Waals surface area contributed by atoms with Crippen molar-refractivity contribution in [1.29, 1.82) is 5.26 Å². The fourth-order valence-corrected chi connectivity index (χ4v) is 4.28. The number of thiophene rings is 1. The number of anilines is 1. The van der Waals surface area contributed by atoms with Crippen molar-refractivity contribution in [3.63, 3.8) is 0 Å². The van der Waals surface area contributed by atoms with Gasteiger partial charge in [-0.15, -0.1) is 11.3 Å². The van der Waals surface area contributed by atoms with Crippen LogP contribution in [0.4, 0.5) is 5.00 Å². The molecule has 0 spiro atoms. The van der Waals surface area contributed by atoms with Crippen LogP contribution in [0.3, 0.4) is 0 Å². The largest absolute Gasteiger partial charge is 0.335 e. The number of hydrogen-bond donors (Lipinski definition) is 2. The Bertz CT molecular complexity index is 779. The molecule has 118 valence electrons. The molecule has 23 heavy (non-hydrogen) atoms. The van der Waals surface area contributed by atoms with E-state index in [2.05, 4.69) is 11.4 Å². The van der Waals surface area contributed by atoms with Crippen LogP contribution in [0.5, 0.6) is 0 Å². The summed E-state index contributed by atoms with van der Waals surface area (Å²) < 4.78 is 0. The van der Waals surface area contributed by atoms with Crippen LogP contribution in [0, 0.1) is 11.3 Å². The standard InChI is InChI=1S/C17H16ClN3OS/c18-14-6-2-1-4-11(14)9-20-10-16(22)21-17-13(8-19)12-5-3-7-15(12)23-17/h1-2,4,6,20H,3,5,7,9-10H2,(H,21,22)/p+1. The van der Waals surface area contributed by atoms with E-state index in [1.54, 1.807) is 11.3 Å². The lowest BCUT2D eigenvalue weighted by atomic mass is 10.1. The molecular formula is C17H17ClN3OS+. The van der Waals surface area contributed by atoms with Crippen molar-refractivity contribution in [2.45, 2.75) is 25.8 Å². The van der Waals surface area contributed by atoms with E-state index in [9.17, 15) is 10.1 Å². The lowest BCUT2D eigenvalue weighted by Gasteiger charge is -2.05. The number of fused-ring (bicyclic) bond motifs is 1. The summed E-state index contributed by atoms with van der Waals surface area (Å²) in [5.41, 5.74) is 2.80. The maximum absolute atomic E-state index is 12.1. The van der Waals surface area contributed by atoms with Crippen molar-refractivity contribution in [3.8, 4) is 6.07 Å². The minimum absolute atomic E-state index is 0.0894. The predicted molar refractivity (Wildman–Crippen MR) is 91.6 cm³/mol. The molecule has 1 aliphatic rings. The fraction of sp³-hybridized carbons (Fsp3) is 0.294. The molecule has 0 aliphatic heterocycles. The number of aryl methyl sites for hydroxylation is 1. The first kappa shape index (κ1) is 16.0. The van der Waals surface area contributed by atoms with Crippen molar-refractivity contribution in [2.75, 3.05) is 11.9 Å². The van der Waals surface area contributed by atoms with E-state index in [0.29, 0.717) is 28.7 Å². The Morgan fingerprint density at radius 1 is 1.39 bits per heavy atom. The first-order valence-electron chi connectivity index (χ1n) is 7.58. The average molecular weight is 347 g/mol. The highest BCUT2D eigenvalue weighted by Crippen LogP contribution is 2.38. The number of nitrogens with one attached hydrogen (secondary N) is 1. The number of nitriles is 1. The smallest absolute Gasteiger partial charge is 0.280 e. The summed E-state index contributed by atoms with van der Waals surface area (Å²) in [5.74, 6) is -0.0894. The number of halogens is 1. The topological polar surface area (TPSA) is 69.5 Å². The summed E-state index contributed by atoms with van der Waals surface area (Å²) >= 11 is 7.64. The molecule has 3 N–H and O–H groups in total. The van der Waals surface area contributed by atoms with Gasteiger partial charge in [-0.3, -0.25) is 4.79 Å². The van der Waals surface area contributed by atoms with Crippen molar-refractivity contribution in [2.24, 2.45) is 0 Å². The number of nitrogens with zero attached hydrogens (tertiary/aromatic N) is 1. The van der Waals surface area contributed by atoms with Crippen LogP contribution >= 0.6 is 22.9 Å². The van der Waals surface area contributed by atoms with Gasteiger partial charge in [0.05, 0.1) is 5.56 Å². The van der Waals surface area contributed by atoms with Crippen molar-refractivity contribution >= 4 is 33.8 Å². The summed E-state index contributed by atoms with van der Waals surface area (Å²) in [7, 11) is 0. The zero-order chi connectivity index (χ0) is 16.2. The molecule has 3 rings (SSSR count). The maximum atomic E-state index is 12.1. The van der Waals surface area contributed by atoms with E-state index in [1.807, 2.05) is 29.6 Å². The number of benzene rings is 1. The molecule has 0 unspecified atom stereocenters. The minimum Gasteiger partial charge on any atom is -0.335 e. The zero-order valence-electron chi connectivity index (χ0n) is 12.6. The normalized spacial score (nSPS) is 12.7. The highest BCUT2D eigenvalue weighted by Gasteiger charge is 2.23. The van der Waals surface area contributed by atoms with Gasteiger partial charge >= 0.3 is 0 Å². The van der Waals surface area contributed by atoms with Gasteiger partial charge in [-0.2, -0.15) is 5.26 Å². The Balaban J connectivity index is 1.56. The van der Waals surface area contributed by atoms with Gasteiger partial charge in [0.25, 0.3) is 5.91 Å². The number of quaternary nitrogens is 1. The van der Waals surface area contributed by atoms with Crippen LogP contribution in [0.1, 0.15) is 28.0 Å². The van der Waals surface area contributed by atoms with E-state index in [0.717, 1.165) is 30.4 Å². The Hall–Kier alpha value is -1.87. The van der Waals surface area contributed by atoms with E-state index in [-0.39, 0.29) is 5.91 Å². The van der Waals surface area contributed by atoms with E-state index in [4.69, 9.17) is 11.6 Å². The molecule has 0 atom stereocenters. The molecule has 2 aromatic rings. The van der Waals surface area contributed by atoms with Crippen molar-refractivity contribution in [1.82, 2.24) is 0 Å². The van der Waals surface area contributed by atoms with Crippen molar-refractivity contribution in [3.05, 3.63) is 50.9 Å². The number of carbonyl (C=O) groups excluding carboxylic acids is 1. The van der Waals surface area contributed by atoms with Gasteiger partial charge in [-0.1, -0.05) is 29.8 Å². The number of hydrogen-bond acceptors (Lipinski definition) is 3. The van der Waals surface area contributed by atoms with Crippen LogP contribution in [-0.4, -0.2) is 12.5 Å². The molecule has 0 bridgehead atoms. The lowest BCUT2D eigenvalue weighted by molar-refractivity contribution is -0.659. The maximum Gasteiger partial charge on any atom is 0.280 e. The van der Waals surface area contributed by atoms with Gasteiger partial charge in [-0.05, 0) is 30.9 Å². The highest BCUT2D eigenvalue weighted by atomic mass is 35.5. The molecule has 6 heteroatoms. The number of nitrogens with two attached hydrogens (primary N) is 1. The predicted octanol–water partition coefficient (Wildman–Crippen LogP) is 2.46. The molecule has 0 fully saturated rings. The van der Waals surface area contributed by atoms with Crippen LogP contribution < -0.4 is 10.6 Å². The SMILES string of the molecule is N#Cc1c(NC(=O)C[NH2+]Cc2ccccc2Cl)sc2c1CCC2. The average Bonchev–Trinajstić information content (AvgIpc) is 3.09. The van der Waals surface area contributed by atoms with Gasteiger partial charge in [0, 0.05) is 15.5 Å². The third kappa shape index (κ3) is 3.56. The van der Waals surface area contributed by atoms with Crippen LogP contribution in [0.15, 0.2) is 24.3 Å². The van der Waals surface area contributed by atoms with Crippen LogP contribution in [-0.2, 0) is 24.2 Å². The molecule has 1 aromatic heterocycles. The van der Waals surface area contributed by atoms with E-state index < -0.39 is 0 Å². The third-order valence-corrected chi connectivity index (χ3v) is 5.51. The summed E-state index contributed by atoms with van der Waals surface area (Å²) in [6.07, 6.45) is 3.07. The molecule has 1 aromatic carbocycles. The fourth-order valence-electron chi connectivity index (χ4n) is 2.81. The number of amides is 1. The molecular weight excluding hydrogens is 330 g/mol. The Kier molecular flexibility index (Phi) is 4.97. The minimum atomic E-state index is -0.0894. The van der Waals surface area contributed by atoms with Gasteiger partial charge < -0.3 is 10.6 Å². The Morgan fingerprint density at radius 3 is 3.00 bits per heavy atom. The quantitative estimate of drug-likeness (QED) is 0.873. The molecule has 0 radical (unpaired) electrons. The monoisotopic (exact) mass is 346 g/mol. The summed E-state index contributed by atoms with van der Waals surface area (Å²) in [6.45, 7) is 0.956. The third-order valence-electron chi connectivity index (χ3n) is 3.94. The summed E-state index contributed by atoms with van der Waals surface area (Å²) in [5, 5.41) is 15.5. The first-order chi connectivity index (χ1) is 11.2. The molecule has 1 heterocycles. The molecule has 0 saturated carbocycles. The second kappa shape index (κ2) is 7.14. The first-order valence-corrected chi connectivity index (χ1v) is 8.78. The Labute approximate surface area is 144 Å². The number of carbonyl (C=O) groups is 1. The summed E-state index contributed by atoms with van der Waals surface area (Å²) in [6, 6.07) is 9.85. The molecule has 1 aliphatic carbocycles. The molecule has 4 nitrogen and oxygen atoms in total. The molecule has 1 amide bonds. The Morgan fingerprint density at radius 2 is 2.22 bits per heavy atom. The second-order valence-electron chi connectivity index (χ2n) is 5.51. The highest BCUT2D eigenvalue weighted by molar-refractivity contribution is 7.16. The number of rotatable bonds is 5. The molecule has 0 saturated heterocycles. The van der Waals surface area contributed by atoms with E-state index in [1.165, 1.54) is 4.88 Å². The van der Waals surface area contributed by atoms with E-state index >= 15 is 0 Å². The second-order valence-corrected chi connectivity index (χ2v) is 7.02. The van der Waals surface area contributed by atoms with Crippen LogP contribution in [0.2, 0.25) is 5.02 Å². The lowest BCUT2D eigenvalue weighted by Crippen LogP contribution is -2.84. The van der Waals surface area contributed by atoms with Crippen LogP contribution in [0.25, 0.3) is 0 Å².